The largest absolute Gasteiger partial charge is 0.459 e. The van der Waals surface area contributed by atoms with Gasteiger partial charge in [-0.25, -0.2) is 9.48 Å². The van der Waals surface area contributed by atoms with Crippen molar-refractivity contribution in [1.82, 2.24) is 14.7 Å². The lowest BCUT2D eigenvalue weighted by Crippen LogP contribution is -2.30. The number of nitrogens with zero attached hydrogens (tertiary/aromatic N) is 3. The van der Waals surface area contributed by atoms with E-state index in [9.17, 15) is 14.4 Å². The molecule has 2 heterocycles. The number of rotatable bonds is 6. The van der Waals surface area contributed by atoms with E-state index in [-0.39, 0.29) is 29.7 Å². The number of carbonyl (C=O) groups excluding carboxylic acids is 2. The highest BCUT2D eigenvalue weighted by molar-refractivity contribution is 6.02. The van der Waals surface area contributed by atoms with Gasteiger partial charge in [-0.1, -0.05) is 32.0 Å². The van der Waals surface area contributed by atoms with Crippen LogP contribution in [0.5, 0.6) is 0 Å². The summed E-state index contributed by atoms with van der Waals surface area (Å²) in [5, 5.41) is 5.19. The summed E-state index contributed by atoms with van der Waals surface area (Å²) in [4.78, 5) is 38.4. The van der Waals surface area contributed by atoms with Crippen LogP contribution in [0.2, 0.25) is 0 Å². The molecule has 1 aromatic heterocycles. The SMILES string of the molecule is CC(C)Cn1nc(C(=O)OCCN2CCCC2=O)c2ccccc2c1=O. The number of esters is 1. The molecule has 0 bridgehead atoms. The molecule has 7 heteroatoms. The van der Waals surface area contributed by atoms with Crippen molar-refractivity contribution in [3.05, 3.63) is 40.3 Å². The first-order valence-electron chi connectivity index (χ1n) is 8.92. The first-order valence-corrected chi connectivity index (χ1v) is 8.92. The second kappa shape index (κ2) is 7.68. The molecule has 1 fully saturated rings. The molecule has 0 saturated carbocycles. The van der Waals surface area contributed by atoms with Crippen LogP contribution in [0.4, 0.5) is 0 Å². The number of amides is 1. The summed E-state index contributed by atoms with van der Waals surface area (Å²) in [6.07, 6.45) is 1.40. The van der Waals surface area contributed by atoms with Crippen molar-refractivity contribution in [3.8, 4) is 0 Å². The second-order valence-electron chi connectivity index (χ2n) is 6.90. The molecular weight excluding hydrogens is 334 g/mol. The summed E-state index contributed by atoms with van der Waals surface area (Å²) >= 11 is 0. The maximum absolute atomic E-state index is 12.6. The van der Waals surface area contributed by atoms with Crippen LogP contribution in [0.25, 0.3) is 10.8 Å². The monoisotopic (exact) mass is 357 g/mol. The van der Waals surface area contributed by atoms with Crippen molar-refractivity contribution < 1.29 is 14.3 Å². The Labute approximate surface area is 151 Å². The number of benzene rings is 1. The molecule has 7 nitrogen and oxygen atoms in total. The van der Waals surface area contributed by atoms with Gasteiger partial charge in [0.25, 0.3) is 5.56 Å². The third-order valence-corrected chi connectivity index (χ3v) is 4.36. The Balaban J connectivity index is 1.83. The van der Waals surface area contributed by atoms with E-state index in [0.29, 0.717) is 36.8 Å². The molecule has 2 aromatic rings. The number of hydrogen-bond acceptors (Lipinski definition) is 5. The molecule has 0 spiro atoms. The van der Waals surface area contributed by atoms with Crippen molar-refractivity contribution >= 4 is 22.6 Å². The van der Waals surface area contributed by atoms with Gasteiger partial charge in [0.1, 0.15) is 6.61 Å². The van der Waals surface area contributed by atoms with E-state index in [1.54, 1.807) is 29.2 Å². The van der Waals surface area contributed by atoms with Crippen molar-refractivity contribution in [3.63, 3.8) is 0 Å². The molecule has 1 aliphatic heterocycles. The van der Waals surface area contributed by atoms with Crippen molar-refractivity contribution in [1.29, 1.82) is 0 Å². The lowest BCUT2D eigenvalue weighted by Gasteiger charge is -2.16. The van der Waals surface area contributed by atoms with E-state index in [1.165, 1.54) is 4.68 Å². The summed E-state index contributed by atoms with van der Waals surface area (Å²) in [6.45, 7) is 5.59. The molecule has 1 aromatic carbocycles. The van der Waals surface area contributed by atoms with E-state index in [1.807, 2.05) is 13.8 Å². The van der Waals surface area contributed by atoms with Gasteiger partial charge in [0.15, 0.2) is 5.69 Å². The van der Waals surface area contributed by atoms with Crippen molar-refractivity contribution in [2.45, 2.75) is 33.2 Å². The summed E-state index contributed by atoms with van der Waals surface area (Å²) in [6, 6.07) is 6.91. The molecule has 1 aliphatic rings. The van der Waals surface area contributed by atoms with Gasteiger partial charge in [0.2, 0.25) is 5.91 Å². The number of fused-ring (bicyclic) bond motifs is 1. The molecule has 1 amide bonds. The van der Waals surface area contributed by atoms with E-state index < -0.39 is 5.97 Å². The third-order valence-electron chi connectivity index (χ3n) is 4.36. The van der Waals surface area contributed by atoms with Gasteiger partial charge in [0.05, 0.1) is 11.9 Å². The Kier molecular flexibility index (Phi) is 5.35. The molecule has 0 N–H and O–H groups in total. The molecule has 0 unspecified atom stereocenters. The normalized spacial score (nSPS) is 14.4. The average Bonchev–Trinajstić information content (AvgIpc) is 3.02. The highest BCUT2D eigenvalue weighted by atomic mass is 16.5. The fourth-order valence-corrected chi connectivity index (χ4v) is 3.11. The fraction of sp³-hybridized carbons (Fsp3) is 0.474. The van der Waals surface area contributed by atoms with Crippen LogP contribution in [0, 0.1) is 5.92 Å². The van der Waals surface area contributed by atoms with Crippen molar-refractivity contribution in [2.24, 2.45) is 5.92 Å². The Morgan fingerprint density at radius 1 is 1.23 bits per heavy atom. The molecule has 0 radical (unpaired) electrons. The standard InChI is InChI=1S/C19H23N3O4/c1-13(2)12-22-18(24)15-7-4-3-6-14(15)17(20-22)19(25)26-11-10-21-9-5-8-16(21)23/h3-4,6-7,13H,5,8-12H2,1-2H3. The minimum atomic E-state index is -0.578. The van der Waals surface area contributed by atoms with Crippen LogP contribution in [0.1, 0.15) is 37.2 Å². The Bertz CT molecular complexity index is 888. The zero-order valence-corrected chi connectivity index (χ0v) is 15.1. The smallest absolute Gasteiger partial charge is 0.359 e. The van der Waals surface area contributed by atoms with Crippen LogP contribution < -0.4 is 5.56 Å². The van der Waals surface area contributed by atoms with Gasteiger partial charge < -0.3 is 9.64 Å². The molecule has 0 aliphatic carbocycles. The van der Waals surface area contributed by atoms with Gasteiger partial charge in [-0.3, -0.25) is 9.59 Å². The zero-order chi connectivity index (χ0) is 18.7. The molecule has 26 heavy (non-hydrogen) atoms. The number of aromatic nitrogens is 2. The second-order valence-corrected chi connectivity index (χ2v) is 6.90. The van der Waals surface area contributed by atoms with Crippen LogP contribution in [0.3, 0.4) is 0 Å². The fourth-order valence-electron chi connectivity index (χ4n) is 3.11. The summed E-state index contributed by atoms with van der Waals surface area (Å²) in [5.41, 5.74) is -0.0814. The molecule has 0 atom stereocenters. The number of hydrogen-bond donors (Lipinski definition) is 0. The number of ether oxygens (including phenoxy) is 1. The third kappa shape index (κ3) is 3.76. The van der Waals surface area contributed by atoms with E-state index in [4.69, 9.17) is 4.74 Å². The van der Waals surface area contributed by atoms with Crippen LogP contribution >= 0.6 is 0 Å². The first-order chi connectivity index (χ1) is 12.5. The highest BCUT2D eigenvalue weighted by Gasteiger charge is 2.22. The molecular formula is C19H23N3O4. The predicted octanol–water partition coefficient (Wildman–Crippen LogP) is 1.83. The number of likely N-dealkylation sites (tertiary alicyclic amines) is 1. The van der Waals surface area contributed by atoms with E-state index in [2.05, 4.69) is 5.10 Å². The Hall–Kier alpha value is -2.70. The summed E-state index contributed by atoms with van der Waals surface area (Å²) < 4.78 is 6.66. The van der Waals surface area contributed by atoms with Gasteiger partial charge in [0, 0.05) is 24.9 Å². The first kappa shape index (κ1) is 18.1. The molecule has 3 rings (SSSR count). The minimum Gasteiger partial charge on any atom is -0.459 e. The lowest BCUT2D eigenvalue weighted by molar-refractivity contribution is -0.128. The lowest BCUT2D eigenvalue weighted by atomic mass is 10.1. The predicted molar refractivity (Wildman–Crippen MR) is 96.9 cm³/mol. The summed E-state index contributed by atoms with van der Waals surface area (Å²) in [5.74, 6) is -0.271. The maximum atomic E-state index is 12.6. The quantitative estimate of drug-likeness (QED) is 0.737. The van der Waals surface area contributed by atoms with Crippen LogP contribution in [-0.2, 0) is 16.1 Å². The zero-order valence-electron chi connectivity index (χ0n) is 15.1. The van der Waals surface area contributed by atoms with Gasteiger partial charge in [-0.05, 0) is 18.4 Å². The molecule has 138 valence electrons. The maximum Gasteiger partial charge on any atom is 0.359 e. The molecule has 1 saturated heterocycles. The summed E-state index contributed by atoms with van der Waals surface area (Å²) in [7, 11) is 0. The van der Waals surface area contributed by atoms with Crippen LogP contribution in [0.15, 0.2) is 29.1 Å². The van der Waals surface area contributed by atoms with E-state index in [0.717, 1.165) is 6.42 Å². The minimum absolute atomic E-state index is 0.0927. The van der Waals surface area contributed by atoms with Gasteiger partial charge in [-0.15, -0.1) is 0 Å². The van der Waals surface area contributed by atoms with Gasteiger partial charge in [-0.2, -0.15) is 5.10 Å². The van der Waals surface area contributed by atoms with Crippen molar-refractivity contribution in [2.75, 3.05) is 19.7 Å². The topological polar surface area (TPSA) is 81.5 Å². The Morgan fingerprint density at radius 2 is 1.96 bits per heavy atom. The average molecular weight is 357 g/mol. The Morgan fingerprint density at radius 3 is 2.62 bits per heavy atom. The number of carbonyl (C=O) groups is 2. The highest BCUT2D eigenvalue weighted by Crippen LogP contribution is 2.15. The van der Waals surface area contributed by atoms with E-state index >= 15 is 0 Å². The van der Waals surface area contributed by atoms with Crippen LogP contribution in [-0.4, -0.2) is 46.3 Å². The van der Waals surface area contributed by atoms with Gasteiger partial charge >= 0.3 is 5.97 Å².